The molecule has 1 aromatic heterocycles. The number of methoxy groups -OCH3 is 1. The molecule has 0 unspecified atom stereocenters. The molecule has 1 aromatic carbocycles. The Morgan fingerprint density at radius 1 is 1.33 bits per heavy atom. The Morgan fingerprint density at radius 2 is 2.06 bits per heavy atom. The van der Waals surface area contributed by atoms with Gasteiger partial charge in [-0.3, -0.25) is 4.79 Å². The fraction of sp³-hybridized carbons (Fsp3) is 0.429. The minimum absolute atomic E-state index is 0.161. The van der Waals surface area contributed by atoms with E-state index in [1.165, 1.54) is 18.2 Å². The van der Waals surface area contributed by atoms with Gasteiger partial charge >= 0.3 is 5.97 Å². The van der Waals surface area contributed by atoms with Crippen molar-refractivity contribution in [2.45, 2.75) is 33.2 Å². The Balaban J connectivity index is 2.14. The highest BCUT2D eigenvalue weighted by molar-refractivity contribution is 5.77. The highest BCUT2D eigenvalue weighted by Gasteiger charge is 2.06. The molecule has 18 heavy (non-hydrogen) atoms. The number of rotatable bonds is 4. The molecule has 0 aliphatic rings. The number of hydrogen-bond donors (Lipinski definition) is 0. The average molecular weight is 246 g/mol. The van der Waals surface area contributed by atoms with E-state index in [0.29, 0.717) is 6.42 Å². The number of ether oxygens (including phenoxy) is 1. The summed E-state index contributed by atoms with van der Waals surface area (Å²) < 4.78 is 6.72. The van der Waals surface area contributed by atoms with Gasteiger partial charge in [-0.05, 0) is 43.5 Å². The highest BCUT2D eigenvalue weighted by atomic mass is 16.5. The van der Waals surface area contributed by atoms with Crippen molar-refractivity contribution in [2.75, 3.05) is 7.11 Å². The zero-order valence-electron chi connectivity index (χ0n) is 11.1. The Hall–Kier alpha value is -1.84. The van der Waals surface area contributed by atoms with E-state index in [2.05, 4.69) is 40.3 Å². The van der Waals surface area contributed by atoms with Crippen LogP contribution in [0.2, 0.25) is 0 Å². The standard InChI is InChI=1S/C14H18N2O2/c1-10-7-12-13(8-11(10)2)16(9-15-12)6-4-5-14(17)18-3/h7-9H,4-6H2,1-3H3. The van der Waals surface area contributed by atoms with Crippen LogP contribution in [0, 0.1) is 13.8 Å². The molecule has 4 heteroatoms. The van der Waals surface area contributed by atoms with Crippen LogP contribution in [-0.2, 0) is 16.1 Å². The Labute approximate surface area is 107 Å². The molecular weight excluding hydrogens is 228 g/mol. The van der Waals surface area contributed by atoms with E-state index in [9.17, 15) is 4.79 Å². The van der Waals surface area contributed by atoms with Gasteiger partial charge in [0.1, 0.15) is 0 Å². The van der Waals surface area contributed by atoms with E-state index in [1.54, 1.807) is 0 Å². The maximum Gasteiger partial charge on any atom is 0.305 e. The minimum Gasteiger partial charge on any atom is -0.469 e. The number of benzene rings is 1. The van der Waals surface area contributed by atoms with Crippen molar-refractivity contribution in [1.29, 1.82) is 0 Å². The number of fused-ring (bicyclic) bond motifs is 1. The average Bonchev–Trinajstić information content (AvgIpc) is 2.72. The lowest BCUT2D eigenvalue weighted by molar-refractivity contribution is -0.140. The molecule has 0 bridgehead atoms. The molecule has 0 spiro atoms. The van der Waals surface area contributed by atoms with E-state index < -0.39 is 0 Å². The monoisotopic (exact) mass is 246 g/mol. The largest absolute Gasteiger partial charge is 0.469 e. The lowest BCUT2D eigenvalue weighted by Gasteiger charge is -2.05. The molecule has 0 saturated heterocycles. The van der Waals surface area contributed by atoms with Crippen LogP contribution in [0.15, 0.2) is 18.5 Å². The lowest BCUT2D eigenvalue weighted by atomic mass is 10.1. The molecule has 0 N–H and O–H groups in total. The second-order valence-electron chi connectivity index (χ2n) is 4.54. The number of aryl methyl sites for hydroxylation is 3. The van der Waals surface area contributed by atoms with Crippen LogP contribution in [-0.4, -0.2) is 22.6 Å². The minimum atomic E-state index is -0.161. The second-order valence-corrected chi connectivity index (χ2v) is 4.54. The summed E-state index contributed by atoms with van der Waals surface area (Å²) in [6.07, 6.45) is 3.05. The number of carbonyl (C=O) groups excluding carboxylic acids is 1. The van der Waals surface area contributed by atoms with E-state index in [-0.39, 0.29) is 5.97 Å². The number of carbonyl (C=O) groups is 1. The van der Waals surface area contributed by atoms with Crippen LogP contribution in [0.3, 0.4) is 0 Å². The normalized spacial score (nSPS) is 10.8. The number of esters is 1. The maximum absolute atomic E-state index is 11.1. The van der Waals surface area contributed by atoms with E-state index >= 15 is 0 Å². The summed E-state index contributed by atoms with van der Waals surface area (Å²) in [5.41, 5.74) is 4.65. The first-order chi connectivity index (χ1) is 8.61. The van der Waals surface area contributed by atoms with Gasteiger partial charge in [-0.1, -0.05) is 0 Å². The Bertz CT molecular complexity index is 572. The molecule has 0 aliphatic carbocycles. The van der Waals surface area contributed by atoms with Gasteiger partial charge < -0.3 is 9.30 Å². The molecule has 2 rings (SSSR count). The Kier molecular flexibility index (Phi) is 3.65. The first kappa shape index (κ1) is 12.6. The van der Waals surface area contributed by atoms with Crippen molar-refractivity contribution >= 4 is 17.0 Å². The quantitative estimate of drug-likeness (QED) is 0.779. The number of imidazole rings is 1. The topological polar surface area (TPSA) is 44.1 Å². The SMILES string of the molecule is COC(=O)CCCn1cnc2cc(C)c(C)cc21. The summed E-state index contributed by atoms with van der Waals surface area (Å²) >= 11 is 0. The van der Waals surface area contributed by atoms with Gasteiger partial charge in [0.15, 0.2) is 0 Å². The van der Waals surface area contributed by atoms with Crippen LogP contribution in [0.25, 0.3) is 11.0 Å². The highest BCUT2D eigenvalue weighted by Crippen LogP contribution is 2.18. The molecule has 0 atom stereocenters. The van der Waals surface area contributed by atoms with E-state index in [1.807, 2.05) is 6.33 Å². The molecule has 0 aliphatic heterocycles. The first-order valence-corrected chi connectivity index (χ1v) is 6.10. The Morgan fingerprint density at radius 3 is 2.78 bits per heavy atom. The van der Waals surface area contributed by atoms with Crippen molar-refractivity contribution in [3.63, 3.8) is 0 Å². The fourth-order valence-electron chi connectivity index (χ4n) is 1.99. The molecule has 0 radical (unpaired) electrons. The van der Waals surface area contributed by atoms with E-state index in [0.717, 1.165) is 24.0 Å². The fourth-order valence-corrected chi connectivity index (χ4v) is 1.99. The summed E-state index contributed by atoms with van der Waals surface area (Å²) in [7, 11) is 1.42. The summed E-state index contributed by atoms with van der Waals surface area (Å²) in [6.45, 7) is 4.97. The van der Waals surface area contributed by atoms with Gasteiger partial charge in [0.25, 0.3) is 0 Å². The zero-order valence-corrected chi connectivity index (χ0v) is 11.1. The maximum atomic E-state index is 11.1. The van der Waals surface area contributed by atoms with Crippen LogP contribution >= 0.6 is 0 Å². The molecule has 0 saturated carbocycles. The summed E-state index contributed by atoms with van der Waals surface area (Å²) in [5.74, 6) is -0.161. The van der Waals surface area contributed by atoms with Crippen molar-refractivity contribution in [3.05, 3.63) is 29.6 Å². The first-order valence-electron chi connectivity index (χ1n) is 6.10. The summed E-state index contributed by atoms with van der Waals surface area (Å²) in [4.78, 5) is 15.4. The molecule has 0 fully saturated rings. The zero-order chi connectivity index (χ0) is 13.1. The van der Waals surface area contributed by atoms with Crippen molar-refractivity contribution in [3.8, 4) is 0 Å². The lowest BCUT2D eigenvalue weighted by Crippen LogP contribution is -2.03. The van der Waals surface area contributed by atoms with Gasteiger partial charge in [0.05, 0.1) is 24.5 Å². The van der Waals surface area contributed by atoms with Crippen LogP contribution in [0.4, 0.5) is 0 Å². The number of nitrogens with zero attached hydrogens (tertiary/aromatic N) is 2. The molecule has 0 amide bonds. The van der Waals surface area contributed by atoms with Gasteiger partial charge in [0, 0.05) is 13.0 Å². The third-order valence-electron chi connectivity index (χ3n) is 3.24. The molecule has 96 valence electrons. The van der Waals surface area contributed by atoms with Crippen LogP contribution in [0.5, 0.6) is 0 Å². The number of hydrogen-bond acceptors (Lipinski definition) is 3. The smallest absolute Gasteiger partial charge is 0.305 e. The second kappa shape index (κ2) is 5.21. The molecule has 4 nitrogen and oxygen atoms in total. The van der Waals surface area contributed by atoms with Gasteiger partial charge in [0.2, 0.25) is 0 Å². The van der Waals surface area contributed by atoms with Gasteiger partial charge in [-0.15, -0.1) is 0 Å². The number of aromatic nitrogens is 2. The molecule has 1 heterocycles. The third-order valence-corrected chi connectivity index (χ3v) is 3.24. The van der Waals surface area contributed by atoms with Crippen molar-refractivity contribution in [2.24, 2.45) is 0 Å². The van der Waals surface area contributed by atoms with Crippen LogP contribution < -0.4 is 0 Å². The summed E-state index contributed by atoms with van der Waals surface area (Å²) in [6, 6.07) is 4.25. The molecule has 2 aromatic rings. The third kappa shape index (κ3) is 2.53. The van der Waals surface area contributed by atoms with Gasteiger partial charge in [-0.2, -0.15) is 0 Å². The van der Waals surface area contributed by atoms with E-state index in [4.69, 9.17) is 0 Å². The predicted molar refractivity (Wildman–Crippen MR) is 70.5 cm³/mol. The predicted octanol–water partition coefficient (Wildman–Crippen LogP) is 2.61. The van der Waals surface area contributed by atoms with Crippen molar-refractivity contribution < 1.29 is 9.53 Å². The molecular formula is C14H18N2O2. The van der Waals surface area contributed by atoms with Crippen molar-refractivity contribution in [1.82, 2.24) is 9.55 Å². The van der Waals surface area contributed by atoms with Gasteiger partial charge in [-0.25, -0.2) is 4.98 Å². The summed E-state index contributed by atoms with van der Waals surface area (Å²) in [5, 5.41) is 0. The van der Waals surface area contributed by atoms with Crippen LogP contribution in [0.1, 0.15) is 24.0 Å².